The van der Waals surface area contributed by atoms with Crippen molar-refractivity contribution in [3.05, 3.63) is 92.5 Å². The second-order valence-corrected chi connectivity index (χ2v) is 13.8. The predicted octanol–water partition coefficient (Wildman–Crippen LogP) is 10.9. The van der Waals surface area contributed by atoms with E-state index in [4.69, 9.17) is 23.2 Å². The van der Waals surface area contributed by atoms with E-state index >= 15 is 0 Å². The maximum absolute atomic E-state index is 14.4. The lowest BCUT2D eigenvalue weighted by atomic mass is 10.0. The number of anilines is 2. The van der Waals surface area contributed by atoms with Gasteiger partial charge in [-0.05, 0) is 68.1 Å². The van der Waals surface area contributed by atoms with E-state index in [9.17, 15) is 40.7 Å². The zero-order valence-corrected chi connectivity index (χ0v) is 29.0. The molecule has 0 heterocycles. The third-order valence-electron chi connectivity index (χ3n) is 9.34. The molecule has 5 rings (SSSR count). The Morgan fingerprint density at radius 2 is 0.961 bits per heavy atom. The zero-order chi connectivity index (χ0) is 36.9. The lowest BCUT2D eigenvalue weighted by Crippen LogP contribution is -2.35. The van der Waals surface area contributed by atoms with Gasteiger partial charge in [0.25, 0.3) is 17.7 Å². The molecule has 3 aromatic carbocycles. The lowest BCUT2D eigenvalue weighted by molar-refractivity contribution is -0.142. The van der Waals surface area contributed by atoms with Crippen LogP contribution in [0.15, 0.2) is 54.6 Å². The molecule has 2 aliphatic carbocycles. The van der Waals surface area contributed by atoms with Crippen molar-refractivity contribution in [1.82, 2.24) is 10.6 Å². The number of amides is 3. The van der Waals surface area contributed by atoms with Crippen molar-refractivity contribution < 1.29 is 40.7 Å². The van der Waals surface area contributed by atoms with Gasteiger partial charge in [0.05, 0.1) is 38.1 Å². The number of carbonyl (C=O) groups is 3. The highest BCUT2D eigenvalue weighted by Crippen LogP contribution is 2.46. The van der Waals surface area contributed by atoms with Crippen molar-refractivity contribution in [1.29, 1.82) is 0 Å². The Morgan fingerprint density at radius 3 is 1.31 bits per heavy atom. The highest BCUT2D eigenvalue weighted by Gasteiger charge is 2.43. The number of nitrogens with zero attached hydrogens (tertiary/aromatic N) is 1. The van der Waals surface area contributed by atoms with Gasteiger partial charge >= 0.3 is 12.4 Å². The van der Waals surface area contributed by atoms with Gasteiger partial charge in [0.2, 0.25) is 0 Å². The Balaban J connectivity index is 1.61. The Labute approximate surface area is 301 Å². The van der Waals surface area contributed by atoms with Crippen LogP contribution in [0.25, 0.3) is 0 Å². The number of alkyl halides is 6. The molecule has 0 bridgehead atoms. The van der Waals surface area contributed by atoms with Gasteiger partial charge in [-0.3, -0.25) is 19.3 Å². The molecule has 6 nitrogen and oxygen atoms in total. The second-order valence-electron chi connectivity index (χ2n) is 13.0. The molecule has 2 aliphatic rings. The van der Waals surface area contributed by atoms with Crippen LogP contribution < -0.4 is 15.5 Å². The summed E-state index contributed by atoms with van der Waals surface area (Å²) in [6, 6.07) is 10.7. The average molecular weight is 757 g/mol. The number of nitrogens with one attached hydrogen (secondary N) is 2. The first kappa shape index (κ1) is 38.5. The van der Waals surface area contributed by atoms with E-state index in [-0.39, 0.29) is 40.7 Å². The summed E-state index contributed by atoms with van der Waals surface area (Å²) in [4.78, 5) is 42.0. The molecule has 0 unspecified atom stereocenters. The summed E-state index contributed by atoms with van der Waals surface area (Å²) >= 11 is 12.2. The number of benzene rings is 3. The first-order valence-electron chi connectivity index (χ1n) is 17.0. The van der Waals surface area contributed by atoms with Crippen LogP contribution in [0.4, 0.5) is 37.7 Å². The van der Waals surface area contributed by atoms with Crippen LogP contribution >= 0.6 is 23.2 Å². The fourth-order valence-electron chi connectivity index (χ4n) is 6.69. The molecule has 2 saturated carbocycles. The molecule has 2 N–H and O–H groups in total. The van der Waals surface area contributed by atoms with Crippen LogP contribution in [0.5, 0.6) is 0 Å². The first-order chi connectivity index (χ1) is 24.1. The number of rotatable bonds is 7. The molecular formula is C37H37Cl2F6N3O3. The average Bonchev–Trinajstić information content (AvgIpc) is 3.49. The van der Waals surface area contributed by atoms with Gasteiger partial charge in [0.1, 0.15) is 0 Å². The maximum Gasteiger partial charge on any atom is 0.417 e. The topological polar surface area (TPSA) is 78.5 Å². The molecule has 0 aliphatic heterocycles. The van der Waals surface area contributed by atoms with Gasteiger partial charge in [0, 0.05) is 23.2 Å². The van der Waals surface area contributed by atoms with E-state index in [1.165, 1.54) is 48.5 Å². The highest BCUT2D eigenvalue weighted by atomic mass is 35.5. The fourth-order valence-corrected chi connectivity index (χ4v) is 7.41. The molecule has 14 heteroatoms. The van der Waals surface area contributed by atoms with Crippen molar-refractivity contribution in [2.45, 2.75) is 101 Å². The van der Waals surface area contributed by atoms with Gasteiger partial charge in [-0.25, -0.2) is 0 Å². The Kier molecular flexibility index (Phi) is 12.3. The number of hydrogen-bond donors (Lipinski definition) is 2. The molecule has 3 aromatic rings. The van der Waals surface area contributed by atoms with Crippen LogP contribution in [-0.4, -0.2) is 29.8 Å². The van der Waals surface area contributed by atoms with Crippen molar-refractivity contribution in [3.8, 4) is 0 Å². The Bertz CT molecular complexity index is 1630. The number of hydrogen-bond acceptors (Lipinski definition) is 3. The second kappa shape index (κ2) is 16.3. The van der Waals surface area contributed by atoms with Crippen LogP contribution in [-0.2, 0) is 12.4 Å². The van der Waals surface area contributed by atoms with Crippen molar-refractivity contribution >= 4 is 52.3 Å². The fraction of sp³-hybridized carbons (Fsp3) is 0.432. The smallest absolute Gasteiger partial charge is 0.349 e. The minimum atomic E-state index is -5.38. The van der Waals surface area contributed by atoms with Crippen LogP contribution in [0.2, 0.25) is 10.0 Å². The quantitative estimate of drug-likeness (QED) is 0.186. The highest BCUT2D eigenvalue weighted by molar-refractivity contribution is 6.42. The van der Waals surface area contributed by atoms with Gasteiger partial charge in [-0.1, -0.05) is 86.7 Å². The Hall–Kier alpha value is -3.77. The molecule has 0 spiro atoms. The molecule has 0 atom stereocenters. The number of carbonyl (C=O) groups excluding carboxylic acids is 3. The molecule has 0 radical (unpaired) electrons. The van der Waals surface area contributed by atoms with Crippen LogP contribution in [0.3, 0.4) is 0 Å². The summed E-state index contributed by atoms with van der Waals surface area (Å²) in [6.07, 6.45) is 0.307. The van der Waals surface area contributed by atoms with Gasteiger partial charge in [-0.2, -0.15) is 26.3 Å². The maximum atomic E-state index is 14.4. The lowest BCUT2D eigenvalue weighted by Gasteiger charge is -2.27. The molecule has 0 aromatic heterocycles. The third-order valence-corrected chi connectivity index (χ3v) is 10.1. The first-order valence-corrected chi connectivity index (χ1v) is 17.7. The van der Waals surface area contributed by atoms with E-state index in [0.29, 0.717) is 0 Å². The summed E-state index contributed by atoms with van der Waals surface area (Å²) in [6.45, 7) is 0. The minimum absolute atomic E-state index is 0.0893. The van der Waals surface area contributed by atoms with Gasteiger partial charge in [0.15, 0.2) is 0 Å². The number of halogens is 8. The Morgan fingerprint density at radius 1 is 0.588 bits per heavy atom. The van der Waals surface area contributed by atoms with Gasteiger partial charge in [-0.15, -0.1) is 0 Å². The summed E-state index contributed by atoms with van der Waals surface area (Å²) < 4.78 is 84.3. The zero-order valence-electron chi connectivity index (χ0n) is 27.5. The normalized spacial score (nSPS) is 16.5. The van der Waals surface area contributed by atoms with E-state index in [0.717, 1.165) is 81.9 Å². The molecule has 51 heavy (non-hydrogen) atoms. The van der Waals surface area contributed by atoms with E-state index in [1.807, 2.05) is 0 Å². The summed E-state index contributed by atoms with van der Waals surface area (Å²) in [5.74, 6) is -2.38. The molecular weight excluding hydrogens is 719 g/mol. The largest absolute Gasteiger partial charge is 0.417 e. The summed E-state index contributed by atoms with van der Waals surface area (Å²) in [7, 11) is 0. The molecule has 0 saturated heterocycles. The molecule has 2 fully saturated rings. The van der Waals surface area contributed by atoms with Crippen LogP contribution in [0, 0.1) is 0 Å². The van der Waals surface area contributed by atoms with Gasteiger partial charge < -0.3 is 10.6 Å². The van der Waals surface area contributed by atoms with Crippen molar-refractivity contribution in [3.63, 3.8) is 0 Å². The predicted molar refractivity (Wildman–Crippen MR) is 184 cm³/mol. The van der Waals surface area contributed by atoms with E-state index in [1.54, 1.807) is 0 Å². The van der Waals surface area contributed by atoms with Crippen molar-refractivity contribution in [2.75, 3.05) is 4.90 Å². The minimum Gasteiger partial charge on any atom is -0.349 e. The summed E-state index contributed by atoms with van der Waals surface area (Å²) in [5.41, 5.74) is -5.06. The molecule has 3 amide bonds. The monoisotopic (exact) mass is 755 g/mol. The molecule has 274 valence electrons. The van der Waals surface area contributed by atoms with E-state index in [2.05, 4.69) is 10.6 Å². The SMILES string of the molecule is O=C(NC1CCCCCC1)c1cccc(N(C(=O)c2c(Cl)c(C(F)(F)F)cc(C(F)(F)F)c2Cl)c2cccc(C(=O)NC3CCCCCC3)c2)c1. The third kappa shape index (κ3) is 9.37. The standard InChI is InChI=1S/C37H37Cl2F6N3O3/c38-31-28(36(40,41)42)21-29(37(43,44)45)32(39)30(31)35(51)48(26-17-9-11-22(19-26)33(49)46-24-13-5-1-2-6-14-24)27-18-10-12-23(20-27)34(50)47-25-15-7-3-4-8-16-25/h9-12,17-21,24-25H,1-8,13-16H2,(H,46,49)(H,47,50). The van der Waals surface area contributed by atoms with Crippen molar-refractivity contribution in [2.24, 2.45) is 0 Å². The van der Waals surface area contributed by atoms with Crippen LogP contribution in [0.1, 0.15) is 119 Å². The summed E-state index contributed by atoms with van der Waals surface area (Å²) in [5, 5.41) is 3.31. The van der Waals surface area contributed by atoms with E-state index < -0.39 is 56.8 Å².